The molecule has 1 saturated heterocycles. The number of carbonyl (C=O) groups is 1. The second kappa shape index (κ2) is 8.53. The molecule has 2 aromatic heterocycles. The van der Waals surface area contributed by atoms with Gasteiger partial charge in [-0.25, -0.2) is 9.97 Å². The number of rotatable bonds is 6. The highest BCUT2D eigenvalue weighted by Gasteiger charge is 2.18. The highest BCUT2D eigenvalue weighted by Crippen LogP contribution is 2.20. The van der Waals surface area contributed by atoms with E-state index < -0.39 is 0 Å². The van der Waals surface area contributed by atoms with Crippen LogP contribution in [0.1, 0.15) is 12.8 Å². The third-order valence-corrected chi connectivity index (χ3v) is 5.45. The standard InChI is InChI=1S/C20H20N4O3S/c25-17(22-12-15-8-5-11-27-15)13-28-20-23-18-16(9-4-10-21-18)19(26)24(20)14-6-2-1-3-7-14/h1-4,6-7,9-10,15H,5,8,11-13H2,(H,22,25)/t15-/m0/s1. The Morgan fingerprint density at radius 2 is 2.11 bits per heavy atom. The lowest BCUT2D eigenvalue weighted by atomic mass is 10.2. The largest absolute Gasteiger partial charge is 0.376 e. The summed E-state index contributed by atoms with van der Waals surface area (Å²) in [7, 11) is 0. The van der Waals surface area contributed by atoms with Crippen LogP contribution in [0.25, 0.3) is 16.7 Å². The average molecular weight is 396 g/mol. The Morgan fingerprint density at radius 3 is 2.89 bits per heavy atom. The molecule has 1 aliphatic heterocycles. The van der Waals surface area contributed by atoms with Gasteiger partial charge in [0.05, 0.1) is 22.9 Å². The van der Waals surface area contributed by atoms with Gasteiger partial charge in [0.2, 0.25) is 5.91 Å². The summed E-state index contributed by atoms with van der Waals surface area (Å²) in [5.41, 5.74) is 0.876. The number of para-hydroxylation sites is 1. The van der Waals surface area contributed by atoms with Crippen LogP contribution in [-0.2, 0) is 9.53 Å². The van der Waals surface area contributed by atoms with Gasteiger partial charge in [0, 0.05) is 19.3 Å². The Labute approximate surface area is 166 Å². The second-order valence-corrected chi connectivity index (χ2v) is 7.42. The van der Waals surface area contributed by atoms with Crippen LogP contribution in [0.3, 0.4) is 0 Å². The molecule has 0 spiro atoms. The topological polar surface area (TPSA) is 86.1 Å². The molecule has 4 rings (SSSR count). The number of pyridine rings is 1. The summed E-state index contributed by atoms with van der Waals surface area (Å²) < 4.78 is 7.05. The monoisotopic (exact) mass is 396 g/mol. The van der Waals surface area contributed by atoms with E-state index in [-0.39, 0.29) is 23.3 Å². The van der Waals surface area contributed by atoms with Crippen molar-refractivity contribution in [1.82, 2.24) is 19.9 Å². The summed E-state index contributed by atoms with van der Waals surface area (Å²) in [6.07, 6.45) is 3.70. The van der Waals surface area contributed by atoms with E-state index in [0.717, 1.165) is 19.4 Å². The van der Waals surface area contributed by atoms with Gasteiger partial charge in [-0.05, 0) is 37.1 Å². The van der Waals surface area contributed by atoms with Crippen molar-refractivity contribution in [1.29, 1.82) is 0 Å². The normalized spacial score (nSPS) is 16.4. The first kappa shape index (κ1) is 18.6. The van der Waals surface area contributed by atoms with Crippen LogP contribution in [0.5, 0.6) is 0 Å². The van der Waals surface area contributed by atoms with Crippen molar-refractivity contribution in [3.05, 3.63) is 59.0 Å². The second-order valence-electron chi connectivity index (χ2n) is 6.47. The zero-order chi connectivity index (χ0) is 19.3. The van der Waals surface area contributed by atoms with Crippen molar-refractivity contribution in [2.45, 2.75) is 24.1 Å². The summed E-state index contributed by atoms with van der Waals surface area (Å²) in [5, 5.41) is 3.77. The molecule has 1 aromatic carbocycles. The van der Waals surface area contributed by atoms with E-state index in [0.29, 0.717) is 28.4 Å². The number of thioether (sulfide) groups is 1. The fourth-order valence-corrected chi connectivity index (χ4v) is 3.95. The van der Waals surface area contributed by atoms with Crippen LogP contribution >= 0.6 is 11.8 Å². The van der Waals surface area contributed by atoms with E-state index in [1.165, 1.54) is 16.3 Å². The summed E-state index contributed by atoms with van der Waals surface area (Å²) >= 11 is 1.22. The Bertz CT molecular complexity index is 1030. The first-order valence-electron chi connectivity index (χ1n) is 9.16. The van der Waals surface area contributed by atoms with E-state index in [4.69, 9.17) is 4.74 Å². The number of hydrogen-bond donors (Lipinski definition) is 1. The van der Waals surface area contributed by atoms with Crippen LogP contribution in [0.15, 0.2) is 58.6 Å². The zero-order valence-electron chi connectivity index (χ0n) is 15.2. The minimum absolute atomic E-state index is 0.0967. The van der Waals surface area contributed by atoms with E-state index in [2.05, 4.69) is 15.3 Å². The minimum atomic E-state index is -0.202. The molecular weight excluding hydrogens is 376 g/mol. The van der Waals surface area contributed by atoms with Crippen LogP contribution in [0.2, 0.25) is 0 Å². The summed E-state index contributed by atoms with van der Waals surface area (Å²) in [5.74, 6) is 0.0418. The molecule has 1 amide bonds. The Balaban J connectivity index is 1.58. The van der Waals surface area contributed by atoms with Crippen molar-refractivity contribution in [3.8, 4) is 5.69 Å². The van der Waals surface area contributed by atoms with Crippen molar-refractivity contribution in [2.24, 2.45) is 0 Å². The lowest BCUT2D eigenvalue weighted by Gasteiger charge is -2.13. The van der Waals surface area contributed by atoms with Gasteiger partial charge in [-0.15, -0.1) is 0 Å². The van der Waals surface area contributed by atoms with Crippen molar-refractivity contribution < 1.29 is 9.53 Å². The number of amides is 1. The molecule has 28 heavy (non-hydrogen) atoms. The van der Waals surface area contributed by atoms with Gasteiger partial charge in [-0.1, -0.05) is 30.0 Å². The van der Waals surface area contributed by atoms with Crippen molar-refractivity contribution in [3.63, 3.8) is 0 Å². The maximum absolute atomic E-state index is 13.0. The highest BCUT2D eigenvalue weighted by atomic mass is 32.2. The molecule has 0 saturated carbocycles. The lowest BCUT2D eigenvalue weighted by Crippen LogP contribution is -2.33. The van der Waals surface area contributed by atoms with Gasteiger partial charge in [0.25, 0.3) is 5.56 Å². The number of nitrogens with one attached hydrogen (secondary N) is 1. The number of ether oxygens (including phenoxy) is 1. The third-order valence-electron chi connectivity index (χ3n) is 4.51. The molecule has 0 aliphatic carbocycles. The number of carbonyl (C=O) groups excluding carboxylic acids is 1. The highest BCUT2D eigenvalue weighted by molar-refractivity contribution is 7.99. The van der Waals surface area contributed by atoms with Gasteiger partial charge in [-0.3, -0.25) is 14.2 Å². The molecule has 1 fully saturated rings. The molecule has 3 aromatic rings. The van der Waals surface area contributed by atoms with Gasteiger partial charge in [-0.2, -0.15) is 0 Å². The van der Waals surface area contributed by atoms with E-state index in [1.807, 2.05) is 30.3 Å². The molecule has 1 aliphatic rings. The fourth-order valence-electron chi connectivity index (χ4n) is 3.12. The first-order valence-corrected chi connectivity index (χ1v) is 10.2. The molecule has 1 atom stereocenters. The molecule has 0 bridgehead atoms. The summed E-state index contributed by atoms with van der Waals surface area (Å²) in [4.78, 5) is 34.0. The molecule has 8 heteroatoms. The number of hydrogen-bond acceptors (Lipinski definition) is 6. The van der Waals surface area contributed by atoms with Crippen LogP contribution in [0, 0.1) is 0 Å². The SMILES string of the molecule is O=C(CSc1nc2ncccc2c(=O)n1-c1ccccc1)NC[C@@H]1CCCO1. The number of benzene rings is 1. The zero-order valence-corrected chi connectivity index (χ0v) is 16.0. The molecule has 0 unspecified atom stereocenters. The van der Waals surface area contributed by atoms with E-state index in [1.54, 1.807) is 18.3 Å². The minimum Gasteiger partial charge on any atom is -0.376 e. The van der Waals surface area contributed by atoms with Crippen LogP contribution < -0.4 is 10.9 Å². The van der Waals surface area contributed by atoms with Crippen molar-refractivity contribution in [2.75, 3.05) is 18.9 Å². The van der Waals surface area contributed by atoms with Gasteiger partial charge in [0.1, 0.15) is 0 Å². The molecule has 144 valence electrons. The Hall–Kier alpha value is -2.71. The first-order chi connectivity index (χ1) is 13.7. The smallest absolute Gasteiger partial charge is 0.268 e. The van der Waals surface area contributed by atoms with Gasteiger partial charge < -0.3 is 10.1 Å². The van der Waals surface area contributed by atoms with E-state index >= 15 is 0 Å². The summed E-state index contributed by atoms with van der Waals surface area (Å²) in [6, 6.07) is 12.7. The lowest BCUT2D eigenvalue weighted by molar-refractivity contribution is -0.119. The Morgan fingerprint density at radius 1 is 1.25 bits per heavy atom. The molecule has 7 nitrogen and oxygen atoms in total. The predicted octanol–water partition coefficient (Wildman–Crippen LogP) is 2.17. The molecular formula is C20H20N4O3S. The predicted molar refractivity (Wildman–Crippen MR) is 108 cm³/mol. The molecule has 0 radical (unpaired) electrons. The number of fused-ring (bicyclic) bond motifs is 1. The third kappa shape index (κ3) is 4.07. The van der Waals surface area contributed by atoms with E-state index in [9.17, 15) is 9.59 Å². The van der Waals surface area contributed by atoms with Gasteiger partial charge >= 0.3 is 0 Å². The van der Waals surface area contributed by atoms with Crippen molar-refractivity contribution >= 4 is 28.7 Å². The average Bonchev–Trinajstić information content (AvgIpc) is 3.25. The van der Waals surface area contributed by atoms with Crippen LogP contribution in [-0.4, -0.2) is 45.5 Å². The molecule has 3 heterocycles. The number of nitrogens with zero attached hydrogens (tertiary/aromatic N) is 3. The van der Waals surface area contributed by atoms with Gasteiger partial charge in [0.15, 0.2) is 10.8 Å². The quantitative estimate of drug-likeness (QED) is 0.508. The fraction of sp³-hybridized carbons (Fsp3) is 0.300. The van der Waals surface area contributed by atoms with Crippen LogP contribution in [0.4, 0.5) is 0 Å². The Kier molecular flexibility index (Phi) is 5.68. The number of aromatic nitrogens is 3. The maximum atomic E-state index is 13.0. The maximum Gasteiger partial charge on any atom is 0.268 e. The molecule has 1 N–H and O–H groups in total. The summed E-state index contributed by atoms with van der Waals surface area (Å²) in [6.45, 7) is 1.27.